The van der Waals surface area contributed by atoms with Crippen LogP contribution in [0.1, 0.15) is 39.5 Å². The molecule has 0 aromatic heterocycles. The van der Waals surface area contributed by atoms with Crippen LogP contribution in [0, 0.1) is 0 Å². The molecule has 1 saturated heterocycles. The molecule has 138 valence electrons. The van der Waals surface area contributed by atoms with Crippen molar-refractivity contribution in [3.63, 3.8) is 0 Å². The Bertz CT molecular complexity index is 583. The summed E-state index contributed by atoms with van der Waals surface area (Å²) in [6.07, 6.45) is 3.66. The second-order valence-electron chi connectivity index (χ2n) is 6.45. The van der Waals surface area contributed by atoms with E-state index in [-0.39, 0.29) is 18.0 Å². The van der Waals surface area contributed by atoms with Gasteiger partial charge in [-0.15, -0.1) is 0 Å². The number of hydrogen-bond donors (Lipinski definition) is 1. The van der Waals surface area contributed by atoms with Crippen molar-refractivity contribution < 1.29 is 14.3 Å². The second kappa shape index (κ2) is 9.30. The summed E-state index contributed by atoms with van der Waals surface area (Å²) >= 11 is 0. The molecule has 2 rings (SSSR count). The van der Waals surface area contributed by atoms with Crippen LogP contribution in [0.5, 0.6) is 5.75 Å². The minimum atomic E-state index is -0.0806. The van der Waals surface area contributed by atoms with Crippen LogP contribution < -0.4 is 10.1 Å². The number of carbonyl (C=O) groups excluding carboxylic acids is 2. The molecular weight excluding hydrogens is 318 g/mol. The van der Waals surface area contributed by atoms with Gasteiger partial charge in [0.15, 0.2) is 0 Å². The molecule has 1 fully saturated rings. The maximum atomic E-state index is 12.8. The fourth-order valence-electron chi connectivity index (χ4n) is 3.17. The number of carbonyl (C=O) groups is 2. The average Bonchev–Trinajstić information content (AvgIpc) is 2.62. The molecule has 1 aromatic rings. The highest BCUT2D eigenvalue weighted by atomic mass is 16.5. The minimum Gasteiger partial charge on any atom is -0.497 e. The lowest BCUT2D eigenvalue weighted by atomic mass is 10.0. The normalized spacial score (nSPS) is 14.9. The number of hydrogen-bond acceptors (Lipinski definition) is 3. The highest BCUT2D eigenvalue weighted by Gasteiger charge is 2.28. The van der Waals surface area contributed by atoms with E-state index in [9.17, 15) is 9.59 Å². The van der Waals surface area contributed by atoms with Crippen LogP contribution in [0.3, 0.4) is 0 Å². The maximum absolute atomic E-state index is 12.8. The monoisotopic (exact) mass is 347 g/mol. The Kier molecular flexibility index (Phi) is 7.10. The fourth-order valence-corrected chi connectivity index (χ4v) is 3.17. The van der Waals surface area contributed by atoms with Crippen molar-refractivity contribution in [1.82, 2.24) is 9.80 Å². The fraction of sp³-hybridized carbons (Fsp3) is 0.579. The van der Waals surface area contributed by atoms with Crippen LogP contribution in [0.25, 0.3) is 0 Å². The van der Waals surface area contributed by atoms with E-state index in [0.29, 0.717) is 5.75 Å². The number of urea groups is 1. The topological polar surface area (TPSA) is 61.9 Å². The van der Waals surface area contributed by atoms with Gasteiger partial charge in [-0.1, -0.05) is 19.4 Å². The van der Waals surface area contributed by atoms with Gasteiger partial charge in [0.05, 0.1) is 7.11 Å². The number of amides is 3. The van der Waals surface area contributed by atoms with Crippen LogP contribution in [0.4, 0.5) is 10.5 Å². The predicted octanol–water partition coefficient (Wildman–Crippen LogP) is 3.34. The van der Waals surface area contributed by atoms with Gasteiger partial charge in [-0.2, -0.15) is 0 Å². The first kappa shape index (κ1) is 19.1. The number of nitrogens with zero attached hydrogens (tertiary/aromatic N) is 2. The van der Waals surface area contributed by atoms with E-state index in [1.807, 2.05) is 34.1 Å². The predicted molar refractivity (Wildman–Crippen MR) is 98.9 cm³/mol. The van der Waals surface area contributed by atoms with E-state index in [1.165, 1.54) is 0 Å². The number of unbranched alkanes of at least 4 members (excludes halogenated alkanes) is 1. The maximum Gasteiger partial charge on any atom is 0.322 e. The Morgan fingerprint density at radius 1 is 1.32 bits per heavy atom. The van der Waals surface area contributed by atoms with E-state index in [4.69, 9.17) is 4.74 Å². The molecule has 1 N–H and O–H groups in total. The van der Waals surface area contributed by atoms with Gasteiger partial charge < -0.3 is 19.9 Å². The lowest BCUT2D eigenvalue weighted by Gasteiger charge is -2.38. The Labute approximate surface area is 150 Å². The summed E-state index contributed by atoms with van der Waals surface area (Å²) in [5.74, 6) is 0.826. The molecule has 6 nitrogen and oxygen atoms in total. The van der Waals surface area contributed by atoms with Gasteiger partial charge in [-0.25, -0.2) is 4.79 Å². The van der Waals surface area contributed by atoms with Gasteiger partial charge in [0.1, 0.15) is 5.75 Å². The van der Waals surface area contributed by atoms with Crippen LogP contribution >= 0.6 is 0 Å². The zero-order chi connectivity index (χ0) is 18.2. The summed E-state index contributed by atoms with van der Waals surface area (Å²) in [5, 5.41) is 2.98. The van der Waals surface area contributed by atoms with Gasteiger partial charge in [0.25, 0.3) is 0 Å². The highest BCUT2D eigenvalue weighted by Crippen LogP contribution is 2.21. The summed E-state index contributed by atoms with van der Waals surface area (Å²) in [4.78, 5) is 28.1. The average molecular weight is 347 g/mol. The van der Waals surface area contributed by atoms with Crippen molar-refractivity contribution in [2.24, 2.45) is 0 Å². The third-order valence-electron chi connectivity index (χ3n) is 4.69. The van der Waals surface area contributed by atoms with E-state index < -0.39 is 0 Å². The standard InChI is InChI=1S/C19H29N3O3/c1-4-5-11-22(17-9-12-21(13-10-17)15(2)23)19(24)20-16-7-6-8-18(14-16)25-3/h6-8,14,17H,4-5,9-13H2,1-3H3,(H,20,24). The van der Waals surface area contributed by atoms with Crippen molar-refractivity contribution >= 4 is 17.6 Å². The van der Waals surface area contributed by atoms with Crippen molar-refractivity contribution in [2.45, 2.75) is 45.6 Å². The lowest BCUT2D eigenvalue weighted by Crippen LogP contribution is -2.50. The molecule has 0 radical (unpaired) electrons. The Morgan fingerprint density at radius 2 is 2.04 bits per heavy atom. The number of ether oxygens (including phenoxy) is 1. The first-order valence-electron chi connectivity index (χ1n) is 9.02. The molecule has 0 saturated carbocycles. The van der Waals surface area contributed by atoms with Gasteiger partial charge in [-0.3, -0.25) is 4.79 Å². The van der Waals surface area contributed by atoms with Crippen molar-refractivity contribution in [3.05, 3.63) is 24.3 Å². The Morgan fingerprint density at radius 3 is 2.64 bits per heavy atom. The van der Waals surface area contributed by atoms with Crippen LogP contribution in [0.15, 0.2) is 24.3 Å². The van der Waals surface area contributed by atoms with Gasteiger partial charge >= 0.3 is 6.03 Å². The Hall–Kier alpha value is -2.24. The molecule has 0 atom stereocenters. The first-order valence-corrected chi connectivity index (χ1v) is 9.02. The lowest BCUT2D eigenvalue weighted by molar-refractivity contribution is -0.130. The quantitative estimate of drug-likeness (QED) is 0.858. The smallest absolute Gasteiger partial charge is 0.322 e. The number of likely N-dealkylation sites (tertiary alicyclic amines) is 1. The molecule has 0 spiro atoms. The number of anilines is 1. The van der Waals surface area contributed by atoms with Gasteiger partial charge in [0.2, 0.25) is 5.91 Å². The summed E-state index contributed by atoms with van der Waals surface area (Å²) in [6.45, 7) is 5.89. The molecular formula is C19H29N3O3. The summed E-state index contributed by atoms with van der Waals surface area (Å²) in [6, 6.07) is 7.47. The van der Waals surface area contributed by atoms with E-state index in [0.717, 1.165) is 51.0 Å². The molecule has 6 heteroatoms. The second-order valence-corrected chi connectivity index (χ2v) is 6.45. The molecule has 3 amide bonds. The number of piperidine rings is 1. The van der Waals surface area contributed by atoms with Crippen LogP contribution in [0.2, 0.25) is 0 Å². The Balaban J connectivity index is 2.03. The van der Waals surface area contributed by atoms with E-state index in [1.54, 1.807) is 14.0 Å². The molecule has 0 unspecified atom stereocenters. The van der Waals surface area contributed by atoms with Crippen molar-refractivity contribution in [1.29, 1.82) is 0 Å². The first-order chi connectivity index (χ1) is 12.0. The minimum absolute atomic E-state index is 0.0806. The number of nitrogens with one attached hydrogen (secondary N) is 1. The summed E-state index contributed by atoms with van der Waals surface area (Å²) in [5.41, 5.74) is 0.729. The molecule has 1 aromatic carbocycles. The zero-order valence-corrected chi connectivity index (χ0v) is 15.5. The summed E-state index contributed by atoms with van der Waals surface area (Å²) < 4.78 is 5.21. The van der Waals surface area contributed by atoms with Crippen LogP contribution in [-0.2, 0) is 4.79 Å². The van der Waals surface area contributed by atoms with Gasteiger partial charge in [0, 0.05) is 44.4 Å². The zero-order valence-electron chi connectivity index (χ0n) is 15.5. The number of methoxy groups -OCH3 is 1. The number of benzene rings is 1. The molecule has 1 aliphatic heterocycles. The molecule has 1 aliphatic rings. The van der Waals surface area contributed by atoms with Crippen LogP contribution in [-0.4, -0.2) is 54.5 Å². The third-order valence-corrected chi connectivity index (χ3v) is 4.69. The van der Waals surface area contributed by atoms with E-state index in [2.05, 4.69) is 12.2 Å². The van der Waals surface area contributed by atoms with E-state index >= 15 is 0 Å². The number of rotatable bonds is 6. The SMILES string of the molecule is CCCCN(C(=O)Nc1cccc(OC)c1)C1CCN(C(C)=O)CC1. The molecule has 25 heavy (non-hydrogen) atoms. The molecule has 1 heterocycles. The highest BCUT2D eigenvalue weighted by molar-refractivity contribution is 5.89. The van der Waals surface area contributed by atoms with Crippen molar-refractivity contribution in [2.75, 3.05) is 32.1 Å². The largest absolute Gasteiger partial charge is 0.497 e. The molecule has 0 bridgehead atoms. The van der Waals surface area contributed by atoms with Crippen molar-refractivity contribution in [3.8, 4) is 5.75 Å². The molecule has 0 aliphatic carbocycles. The van der Waals surface area contributed by atoms with Gasteiger partial charge in [-0.05, 0) is 31.4 Å². The summed E-state index contributed by atoms with van der Waals surface area (Å²) in [7, 11) is 1.61. The third kappa shape index (κ3) is 5.37.